The molecule has 0 N–H and O–H groups in total. The van der Waals surface area contributed by atoms with Crippen LogP contribution in [-0.2, 0) is 0 Å². The molecule has 0 radical (unpaired) electrons. The summed E-state index contributed by atoms with van der Waals surface area (Å²) in [5.74, 6) is 0.672. The van der Waals surface area contributed by atoms with E-state index in [9.17, 15) is 0 Å². The van der Waals surface area contributed by atoms with Crippen LogP contribution in [0.2, 0.25) is 0 Å². The Morgan fingerprint density at radius 3 is 2.00 bits per heavy atom. The van der Waals surface area contributed by atoms with Crippen LogP contribution < -0.4 is 0 Å². The second-order valence-electron chi connectivity index (χ2n) is 5.53. The van der Waals surface area contributed by atoms with Crippen molar-refractivity contribution in [2.75, 3.05) is 0 Å². The van der Waals surface area contributed by atoms with E-state index < -0.39 is 0 Å². The van der Waals surface area contributed by atoms with Crippen LogP contribution in [0.4, 0.5) is 0 Å². The van der Waals surface area contributed by atoms with E-state index >= 15 is 0 Å². The lowest BCUT2D eigenvalue weighted by Gasteiger charge is -2.13. The second-order valence-corrected chi connectivity index (χ2v) is 6.34. The van der Waals surface area contributed by atoms with Gasteiger partial charge in [-0.2, -0.15) is 4.37 Å². The Kier molecular flexibility index (Phi) is 9.96. The molecule has 0 aromatic carbocycles. The number of nitrogens with zero attached hydrogens (tertiary/aromatic N) is 2. The van der Waals surface area contributed by atoms with E-state index in [0.29, 0.717) is 5.92 Å². The topological polar surface area (TPSA) is 25.8 Å². The summed E-state index contributed by atoms with van der Waals surface area (Å²) in [5, 5.41) is 1.27. The highest BCUT2D eigenvalue weighted by atomic mass is 32.1. The largest absolute Gasteiger partial charge is 0.228 e. The molecular weight excluding hydrogens is 252 g/mol. The van der Waals surface area contributed by atoms with Crippen LogP contribution in [-0.4, -0.2) is 9.36 Å². The molecule has 1 unspecified atom stereocenters. The zero-order valence-corrected chi connectivity index (χ0v) is 13.6. The van der Waals surface area contributed by atoms with Gasteiger partial charge < -0.3 is 0 Å². The van der Waals surface area contributed by atoms with Crippen LogP contribution in [0.5, 0.6) is 0 Å². The molecule has 1 rings (SSSR count). The molecule has 19 heavy (non-hydrogen) atoms. The molecule has 3 heteroatoms. The Bertz CT molecular complexity index is 285. The molecule has 0 fully saturated rings. The fourth-order valence-corrected chi connectivity index (χ4v) is 3.25. The lowest BCUT2D eigenvalue weighted by Crippen LogP contribution is -1.99. The maximum Gasteiger partial charge on any atom is 0.129 e. The van der Waals surface area contributed by atoms with Crippen molar-refractivity contribution in [2.24, 2.45) is 0 Å². The molecule has 2 nitrogen and oxygen atoms in total. The third-order valence-corrected chi connectivity index (χ3v) is 4.62. The average molecular weight is 282 g/mol. The van der Waals surface area contributed by atoms with Crippen molar-refractivity contribution in [1.29, 1.82) is 0 Å². The van der Waals surface area contributed by atoms with Gasteiger partial charge in [-0.25, -0.2) is 4.98 Å². The normalized spacial score (nSPS) is 12.7. The molecule has 0 aliphatic rings. The molecule has 110 valence electrons. The van der Waals surface area contributed by atoms with Crippen molar-refractivity contribution in [3.05, 3.63) is 11.3 Å². The van der Waals surface area contributed by atoms with Gasteiger partial charge in [0, 0.05) is 5.92 Å². The van der Waals surface area contributed by atoms with Gasteiger partial charge in [-0.3, -0.25) is 0 Å². The molecule has 1 aromatic rings. The molecule has 0 saturated carbocycles. The fourth-order valence-electron chi connectivity index (χ4n) is 2.56. The first-order chi connectivity index (χ1) is 9.38. The highest BCUT2D eigenvalue weighted by Gasteiger charge is 2.14. The van der Waals surface area contributed by atoms with Crippen LogP contribution >= 0.6 is 11.5 Å². The van der Waals surface area contributed by atoms with Crippen molar-refractivity contribution >= 4 is 11.5 Å². The number of hydrogen-bond acceptors (Lipinski definition) is 3. The Morgan fingerprint density at radius 1 is 0.895 bits per heavy atom. The van der Waals surface area contributed by atoms with Gasteiger partial charge in [-0.1, -0.05) is 71.6 Å². The lowest BCUT2D eigenvalue weighted by atomic mass is 9.95. The maximum atomic E-state index is 4.44. The Hall–Kier alpha value is -0.440. The van der Waals surface area contributed by atoms with Gasteiger partial charge in [0.1, 0.15) is 11.3 Å². The van der Waals surface area contributed by atoms with Gasteiger partial charge in [0.15, 0.2) is 0 Å². The molecule has 0 saturated heterocycles. The van der Waals surface area contributed by atoms with Crippen LogP contribution in [0.15, 0.2) is 6.33 Å². The summed E-state index contributed by atoms with van der Waals surface area (Å²) in [4.78, 5) is 4.44. The molecule has 1 atom stereocenters. The first-order valence-electron chi connectivity index (χ1n) is 8.15. The number of rotatable bonds is 12. The van der Waals surface area contributed by atoms with E-state index in [1.807, 2.05) is 0 Å². The van der Waals surface area contributed by atoms with Gasteiger partial charge in [0.2, 0.25) is 0 Å². The highest BCUT2D eigenvalue weighted by Crippen LogP contribution is 2.29. The first-order valence-corrected chi connectivity index (χ1v) is 8.92. The van der Waals surface area contributed by atoms with Crippen molar-refractivity contribution in [3.8, 4) is 0 Å². The van der Waals surface area contributed by atoms with E-state index in [1.165, 1.54) is 75.6 Å². The van der Waals surface area contributed by atoms with Crippen LogP contribution in [0.25, 0.3) is 0 Å². The highest BCUT2D eigenvalue weighted by molar-refractivity contribution is 7.05. The van der Waals surface area contributed by atoms with E-state index in [4.69, 9.17) is 0 Å². The predicted octanol–water partition coefficient (Wildman–Crippen LogP) is 5.95. The zero-order chi connectivity index (χ0) is 13.8. The first kappa shape index (κ1) is 16.6. The lowest BCUT2D eigenvalue weighted by molar-refractivity contribution is 0.492. The summed E-state index contributed by atoms with van der Waals surface area (Å²) in [7, 11) is 0. The zero-order valence-electron chi connectivity index (χ0n) is 12.7. The average Bonchev–Trinajstić information content (AvgIpc) is 2.95. The monoisotopic (exact) mass is 282 g/mol. The summed E-state index contributed by atoms with van der Waals surface area (Å²) in [6.07, 6.45) is 16.6. The van der Waals surface area contributed by atoms with E-state index in [1.54, 1.807) is 17.9 Å². The minimum absolute atomic E-state index is 0.672. The van der Waals surface area contributed by atoms with Crippen molar-refractivity contribution in [2.45, 2.75) is 90.4 Å². The van der Waals surface area contributed by atoms with Gasteiger partial charge in [0.25, 0.3) is 0 Å². The summed E-state index contributed by atoms with van der Waals surface area (Å²) in [6, 6.07) is 0. The minimum Gasteiger partial charge on any atom is -0.228 e. The number of hydrogen-bond donors (Lipinski definition) is 0. The second kappa shape index (κ2) is 11.4. The predicted molar refractivity (Wildman–Crippen MR) is 84.8 cm³/mol. The quantitative estimate of drug-likeness (QED) is 0.442. The van der Waals surface area contributed by atoms with Gasteiger partial charge in [-0.05, 0) is 24.4 Å². The third-order valence-electron chi connectivity index (χ3n) is 3.79. The molecule has 0 aliphatic heterocycles. The SMILES string of the molecule is CCCCCCCC(CCCCCC)c1ncns1. The number of unbranched alkanes of at least 4 members (excludes halogenated alkanes) is 7. The van der Waals surface area contributed by atoms with Crippen molar-refractivity contribution < 1.29 is 0 Å². The van der Waals surface area contributed by atoms with Crippen LogP contribution in [0.1, 0.15) is 95.4 Å². The fraction of sp³-hybridized carbons (Fsp3) is 0.875. The third kappa shape index (κ3) is 7.66. The van der Waals surface area contributed by atoms with Crippen LogP contribution in [0.3, 0.4) is 0 Å². The minimum atomic E-state index is 0.672. The molecular formula is C16H30N2S. The van der Waals surface area contributed by atoms with Crippen molar-refractivity contribution in [1.82, 2.24) is 9.36 Å². The van der Waals surface area contributed by atoms with Gasteiger partial charge in [-0.15, -0.1) is 0 Å². The Labute approximate surface area is 123 Å². The van der Waals surface area contributed by atoms with E-state index in [-0.39, 0.29) is 0 Å². The summed E-state index contributed by atoms with van der Waals surface area (Å²) >= 11 is 1.60. The van der Waals surface area contributed by atoms with Gasteiger partial charge in [0.05, 0.1) is 0 Å². The molecule has 0 spiro atoms. The molecule has 1 aromatic heterocycles. The number of aromatic nitrogens is 2. The standard InChI is InChI=1S/C16H30N2S/c1-3-5-7-9-11-13-15(12-10-8-6-4-2)16-17-14-18-19-16/h14-15H,3-13H2,1-2H3. The molecule has 0 bridgehead atoms. The Balaban J connectivity index is 2.25. The van der Waals surface area contributed by atoms with E-state index in [0.717, 1.165) is 0 Å². The summed E-state index contributed by atoms with van der Waals surface area (Å²) in [6.45, 7) is 4.55. The smallest absolute Gasteiger partial charge is 0.129 e. The molecule has 0 amide bonds. The van der Waals surface area contributed by atoms with Gasteiger partial charge >= 0.3 is 0 Å². The van der Waals surface area contributed by atoms with Crippen LogP contribution in [0, 0.1) is 0 Å². The van der Waals surface area contributed by atoms with Crippen molar-refractivity contribution in [3.63, 3.8) is 0 Å². The molecule has 1 heterocycles. The van der Waals surface area contributed by atoms with E-state index in [2.05, 4.69) is 23.2 Å². The summed E-state index contributed by atoms with van der Waals surface area (Å²) < 4.78 is 4.18. The maximum absolute atomic E-state index is 4.44. The Morgan fingerprint density at radius 2 is 1.47 bits per heavy atom. The summed E-state index contributed by atoms with van der Waals surface area (Å²) in [5.41, 5.74) is 0. The molecule has 0 aliphatic carbocycles.